The van der Waals surface area contributed by atoms with E-state index in [1.54, 1.807) is 30.5 Å². The van der Waals surface area contributed by atoms with E-state index in [0.717, 1.165) is 16.6 Å². The van der Waals surface area contributed by atoms with Crippen LogP contribution in [0.3, 0.4) is 0 Å². The van der Waals surface area contributed by atoms with Crippen LogP contribution in [0.5, 0.6) is 5.75 Å². The predicted molar refractivity (Wildman–Crippen MR) is 100.0 cm³/mol. The van der Waals surface area contributed by atoms with Crippen LogP contribution in [0.25, 0.3) is 11.0 Å². The lowest BCUT2D eigenvalue weighted by Crippen LogP contribution is -2.09. The number of halogens is 1. The molecule has 128 valence electrons. The van der Waals surface area contributed by atoms with Gasteiger partial charge in [-0.25, -0.2) is 14.5 Å². The maximum absolute atomic E-state index is 12.3. The maximum atomic E-state index is 12.3. The first-order valence-corrected chi connectivity index (χ1v) is 8.70. The van der Waals surface area contributed by atoms with Crippen LogP contribution in [0.15, 0.2) is 71.5 Å². The molecule has 2 aromatic heterocycles. The van der Waals surface area contributed by atoms with E-state index in [4.69, 9.17) is 4.74 Å². The van der Waals surface area contributed by atoms with Gasteiger partial charge in [0.05, 0.1) is 17.6 Å². The average molecular weight is 409 g/mol. The van der Waals surface area contributed by atoms with Crippen LogP contribution >= 0.6 is 15.9 Å². The number of ether oxygens (including phenoxy) is 1. The highest BCUT2D eigenvalue weighted by molar-refractivity contribution is 9.10. The summed E-state index contributed by atoms with van der Waals surface area (Å²) in [7, 11) is 0. The average Bonchev–Trinajstić information content (AvgIpc) is 3.07. The van der Waals surface area contributed by atoms with E-state index in [9.17, 15) is 4.79 Å². The maximum Gasteiger partial charge on any atom is 0.343 e. The molecule has 0 saturated carbocycles. The molecular weight excluding hydrogens is 396 g/mol. The zero-order valence-electron chi connectivity index (χ0n) is 13.5. The molecule has 0 fully saturated rings. The molecule has 26 heavy (non-hydrogen) atoms. The number of para-hydroxylation sites is 1. The molecule has 0 N–H and O–H groups in total. The smallest absolute Gasteiger partial charge is 0.343 e. The lowest BCUT2D eigenvalue weighted by atomic mass is 10.1. The number of hydrogen-bond acceptors (Lipinski definition) is 5. The van der Waals surface area contributed by atoms with Crippen molar-refractivity contribution in [3.05, 3.63) is 82.6 Å². The second-order valence-corrected chi connectivity index (χ2v) is 6.37. The molecular formula is C19H13BrN4O2. The van der Waals surface area contributed by atoms with Crippen molar-refractivity contribution in [1.82, 2.24) is 20.0 Å². The second kappa shape index (κ2) is 7.05. The van der Waals surface area contributed by atoms with Crippen LogP contribution in [0.4, 0.5) is 0 Å². The quantitative estimate of drug-likeness (QED) is 0.378. The van der Waals surface area contributed by atoms with Crippen molar-refractivity contribution in [2.75, 3.05) is 0 Å². The van der Waals surface area contributed by atoms with Gasteiger partial charge in [0.25, 0.3) is 0 Å². The molecule has 2 aromatic carbocycles. The summed E-state index contributed by atoms with van der Waals surface area (Å²) in [6.07, 6.45) is 1.62. The van der Waals surface area contributed by atoms with Gasteiger partial charge in [-0.3, -0.25) is 0 Å². The predicted octanol–water partition coefficient (Wildman–Crippen LogP) is 3.86. The summed E-state index contributed by atoms with van der Waals surface area (Å²) < 4.78 is 7.68. The Morgan fingerprint density at radius 1 is 1.04 bits per heavy atom. The number of carbonyl (C=O) groups is 1. The standard InChI is InChI=1S/C19H13BrN4O2/c20-18-17(6-3-11-21-18)26-19(25)14-9-7-13(8-10-14)12-24-16-5-2-1-4-15(16)22-23-24/h1-11H,12H2. The Hall–Kier alpha value is -3.06. The highest BCUT2D eigenvalue weighted by Crippen LogP contribution is 2.22. The molecule has 0 bridgehead atoms. The molecule has 4 aromatic rings. The normalized spacial score (nSPS) is 10.8. The van der Waals surface area contributed by atoms with Gasteiger partial charge in [0.1, 0.15) is 10.1 Å². The highest BCUT2D eigenvalue weighted by Gasteiger charge is 2.11. The van der Waals surface area contributed by atoms with Gasteiger partial charge in [-0.05, 0) is 57.9 Å². The molecule has 0 spiro atoms. The van der Waals surface area contributed by atoms with Crippen molar-refractivity contribution < 1.29 is 9.53 Å². The van der Waals surface area contributed by atoms with E-state index in [2.05, 4.69) is 31.2 Å². The lowest BCUT2D eigenvalue weighted by molar-refractivity contribution is 0.0733. The third kappa shape index (κ3) is 3.34. The number of pyridine rings is 1. The fraction of sp³-hybridized carbons (Fsp3) is 0.0526. The minimum atomic E-state index is -0.434. The van der Waals surface area contributed by atoms with Gasteiger partial charge >= 0.3 is 5.97 Å². The van der Waals surface area contributed by atoms with Gasteiger partial charge in [-0.15, -0.1) is 5.10 Å². The summed E-state index contributed by atoms with van der Waals surface area (Å²) in [5, 5.41) is 8.32. The second-order valence-electron chi connectivity index (χ2n) is 5.61. The summed E-state index contributed by atoms with van der Waals surface area (Å²) in [6.45, 7) is 0.573. The van der Waals surface area contributed by atoms with Gasteiger partial charge in [0.15, 0.2) is 5.75 Å². The molecule has 0 atom stereocenters. The Bertz CT molecular complexity index is 1080. The van der Waals surface area contributed by atoms with Crippen LogP contribution in [0, 0.1) is 0 Å². The number of hydrogen-bond donors (Lipinski definition) is 0. The summed E-state index contributed by atoms with van der Waals surface area (Å²) in [6, 6.07) is 18.4. The fourth-order valence-corrected chi connectivity index (χ4v) is 2.89. The van der Waals surface area contributed by atoms with E-state index >= 15 is 0 Å². The molecule has 0 amide bonds. The first-order valence-electron chi connectivity index (χ1n) is 7.90. The van der Waals surface area contributed by atoms with E-state index in [1.165, 1.54) is 0 Å². The molecule has 0 saturated heterocycles. The number of fused-ring (bicyclic) bond motifs is 1. The zero-order valence-corrected chi connectivity index (χ0v) is 15.1. The van der Waals surface area contributed by atoms with Crippen LogP contribution in [0.1, 0.15) is 15.9 Å². The summed E-state index contributed by atoms with van der Waals surface area (Å²) >= 11 is 3.26. The monoisotopic (exact) mass is 408 g/mol. The van der Waals surface area contributed by atoms with Gasteiger partial charge in [0.2, 0.25) is 0 Å². The molecule has 0 aliphatic rings. The van der Waals surface area contributed by atoms with Crippen LogP contribution in [-0.4, -0.2) is 25.9 Å². The van der Waals surface area contributed by atoms with Gasteiger partial charge in [0, 0.05) is 6.20 Å². The van der Waals surface area contributed by atoms with Gasteiger partial charge in [-0.1, -0.05) is 29.5 Å². The Kier molecular flexibility index (Phi) is 4.45. The third-order valence-electron chi connectivity index (χ3n) is 3.87. The lowest BCUT2D eigenvalue weighted by Gasteiger charge is -2.07. The third-order valence-corrected chi connectivity index (χ3v) is 4.47. The molecule has 0 aliphatic heterocycles. The molecule has 0 aliphatic carbocycles. The van der Waals surface area contributed by atoms with Gasteiger partial charge in [-0.2, -0.15) is 0 Å². The molecule has 0 radical (unpaired) electrons. The fourth-order valence-electron chi connectivity index (χ4n) is 2.56. The number of nitrogens with zero attached hydrogens (tertiary/aromatic N) is 4. The summed E-state index contributed by atoms with van der Waals surface area (Å²) in [5.41, 5.74) is 3.31. The van der Waals surface area contributed by atoms with Crippen LogP contribution < -0.4 is 4.74 Å². The number of carbonyl (C=O) groups excluding carboxylic acids is 1. The van der Waals surface area contributed by atoms with Crippen molar-refractivity contribution in [2.24, 2.45) is 0 Å². The number of rotatable bonds is 4. The first-order chi connectivity index (χ1) is 12.7. The van der Waals surface area contributed by atoms with Crippen LogP contribution in [0.2, 0.25) is 0 Å². The van der Waals surface area contributed by atoms with Crippen molar-refractivity contribution in [3.63, 3.8) is 0 Å². The van der Waals surface area contributed by atoms with Crippen molar-refractivity contribution >= 4 is 32.9 Å². The highest BCUT2D eigenvalue weighted by atomic mass is 79.9. The van der Waals surface area contributed by atoms with Gasteiger partial charge < -0.3 is 4.74 Å². The Morgan fingerprint density at radius 2 is 1.85 bits per heavy atom. The molecule has 0 unspecified atom stereocenters. The summed E-state index contributed by atoms with van der Waals surface area (Å²) in [4.78, 5) is 16.3. The van der Waals surface area contributed by atoms with Crippen LogP contribution in [-0.2, 0) is 6.54 Å². The Morgan fingerprint density at radius 3 is 2.65 bits per heavy atom. The number of benzene rings is 2. The largest absolute Gasteiger partial charge is 0.420 e. The Balaban J connectivity index is 1.50. The molecule has 2 heterocycles. The van der Waals surface area contributed by atoms with E-state index in [1.807, 2.05) is 41.1 Å². The van der Waals surface area contributed by atoms with Crippen molar-refractivity contribution in [2.45, 2.75) is 6.54 Å². The zero-order chi connectivity index (χ0) is 17.9. The molecule has 7 heteroatoms. The minimum Gasteiger partial charge on any atom is -0.420 e. The molecule has 6 nitrogen and oxygen atoms in total. The van der Waals surface area contributed by atoms with E-state index in [0.29, 0.717) is 22.5 Å². The van der Waals surface area contributed by atoms with E-state index in [-0.39, 0.29) is 0 Å². The Labute approximate surface area is 157 Å². The SMILES string of the molecule is O=C(Oc1cccnc1Br)c1ccc(Cn2nnc3ccccc32)cc1. The van der Waals surface area contributed by atoms with E-state index < -0.39 is 5.97 Å². The first kappa shape index (κ1) is 16.4. The number of aromatic nitrogens is 4. The van der Waals surface area contributed by atoms with Crippen molar-refractivity contribution in [3.8, 4) is 5.75 Å². The summed E-state index contributed by atoms with van der Waals surface area (Å²) in [5.74, 6) is -0.0490. The van der Waals surface area contributed by atoms with Crippen molar-refractivity contribution in [1.29, 1.82) is 0 Å². The topological polar surface area (TPSA) is 69.9 Å². The minimum absolute atomic E-state index is 0.385. The molecule has 4 rings (SSSR count). The number of esters is 1.